The van der Waals surface area contributed by atoms with Crippen molar-refractivity contribution < 1.29 is 22.0 Å². The number of hydrogen-bond donors (Lipinski definition) is 1. The molecular weight excluding hydrogens is 418 g/mol. The number of carbonyl (C=O) groups excluding carboxylic acids is 1. The first-order chi connectivity index (χ1) is 13.8. The molecule has 1 amide bonds. The van der Waals surface area contributed by atoms with Gasteiger partial charge < -0.3 is 5.32 Å². The molecule has 9 heteroatoms. The molecule has 1 aromatic carbocycles. The molecule has 5 nitrogen and oxygen atoms in total. The van der Waals surface area contributed by atoms with E-state index in [1.807, 2.05) is 0 Å². The summed E-state index contributed by atoms with van der Waals surface area (Å²) in [5.41, 5.74) is 0.631. The van der Waals surface area contributed by atoms with Gasteiger partial charge in [-0.3, -0.25) is 4.79 Å². The third-order valence-corrected chi connectivity index (χ3v) is 8.60. The van der Waals surface area contributed by atoms with Crippen LogP contribution in [-0.2, 0) is 14.6 Å². The van der Waals surface area contributed by atoms with Gasteiger partial charge in [-0.25, -0.2) is 22.2 Å². The quantitative estimate of drug-likeness (QED) is 0.697. The number of anilines is 1. The molecule has 0 bridgehead atoms. The highest BCUT2D eigenvalue weighted by molar-refractivity contribution is 7.92. The van der Waals surface area contributed by atoms with Gasteiger partial charge in [0.2, 0.25) is 5.91 Å². The molecule has 2 aromatic rings. The monoisotopic (exact) mass is 440 g/mol. The molecule has 0 spiro atoms. The number of nitrogens with zero attached hydrogens (tertiary/aromatic N) is 1. The van der Waals surface area contributed by atoms with E-state index in [2.05, 4.69) is 10.3 Å². The zero-order chi connectivity index (χ0) is 20.6. The van der Waals surface area contributed by atoms with E-state index in [1.54, 1.807) is 23.7 Å². The van der Waals surface area contributed by atoms with E-state index in [9.17, 15) is 22.0 Å². The highest BCUT2D eigenvalue weighted by Crippen LogP contribution is 2.39. The number of nitrogens with one attached hydrogen (secondary N) is 1. The third kappa shape index (κ3) is 4.50. The second-order valence-corrected chi connectivity index (χ2v) is 10.9. The number of amides is 1. The SMILES string of the molecule is O=C(Nc1nccs1)C(CC1C[C@@H](F)[C@@H](F)C1)c1ccc(S(=O)(=O)C2CC2)cc1. The van der Waals surface area contributed by atoms with Crippen molar-refractivity contribution in [3.05, 3.63) is 41.4 Å². The van der Waals surface area contributed by atoms with Gasteiger partial charge in [0.25, 0.3) is 0 Å². The fraction of sp³-hybridized carbons (Fsp3) is 0.500. The molecule has 2 aliphatic carbocycles. The van der Waals surface area contributed by atoms with Gasteiger partial charge in [0.15, 0.2) is 15.0 Å². The van der Waals surface area contributed by atoms with Crippen LogP contribution >= 0.6 is 11.3 Å². The van der Waals surface area contributed by atoms with Crippen LogP contribution in [-0.4, -0.2) is 36.9 Å². The lowest BCUT2D eigenvalue weighted by atomic mass is 9.87. The fourth-order valence-electron chi connectivity index (χ4n) is 3.89. The van der Waals surface area contributed by atoms with E-state index >= 15 is 0 Å². The van der Waals surface area contributed by atoms with E-state index in [4.69, 9.17) is 0 Å². The summed E-state index contributed by atoms with van der Waals surface area (Å²) in [6.07, 6.45) is 0.436. The minimum atomic E-state index is -3.31. The van der Waals surface area contributed by atoms with Crippen LogP contribution in [0.4, 0.5) is 13.9 Å². The third-order valence-electron chi connectivity index (χ3n) is 5.63. The highest BCUT2D eigenvalue weighted by Gasteiger charge is 2.38. The first-order valence-electron chi connectivity index (χ1n) is 9.67. The first-order valence-corrected chi connectivity index (χ1v) is 12.1. The second kappa shape index (κ2) is 8.10. The van der Waals surface area contributed by atoms with Crippen LogP contribution in [0.3, 0.4) is 0 Å². The Hall–Kier alpha value is -1.87. The highest BCUT2D eigenvalue weighted by atomic mass is 32.2. The molecular formula is C20H22F2N2O3S2. The van der Waals surface area contributed by atoms with Gasteiger partial charge in [-0.2, -0.15) is 0 Å². The maximum absolute atomic E-state index is 13.6. The van der Waals surface area contributed by atoms with Crippen molar-refractivity contribution in [1.82, 2.24) is 4.98 Å². The van der Waals surface area contributed by atoms with Crippen molar-refractivity contribution in [2.24, 2.45) is 5.92 Å². The lowest BCUT2D eigenvalue weighted by molar-refractivity contribution is -0.118. The second-order valence-electron chi connectivity index (χ2n) is 7.80. The summed E-state index contributed by atoms with van der Waals surface area (Å²) in [5, 5.41) is 4.63. The zero-order valence-corrected chi connectivity index (χ0v) is 17.3. The summed E-state index contributed by atoms with van der Waals surface area (Å²) in [5.74, 6) is -1.20. The van der Waals surface area contributed by atoms with Crippen LogP contribution in [0, 0.1) is 5.92 Å². The van der Waals surface area contributed by atoms with E-state index in [0.717, 1.165) is 0 Å². The Morgan fingerprint density at radius 1 is 1.17 bits per heavy atom. The van der Waals surface area contributed by atoms with Crippen LogP contribution in [0.1, 0.15) is 43.6 Å². The van der Waals surface area contributed by atoms with Gasteiger partial charge in [0.1, 0.15) is 12.3 Å². The van der Waals surface area contributed by atoms with Crippen LogP contribution in [0.15, 0.2) is 40.7 Å². The van der Waals surface area contributed by atoms with Crippen LogP contribution in [0.2, 0.25) is 0 Å². The molecule has 1 heterocycles. The topological polar surface area (TPSA) is 76.1 Å². The average Bonchev–Trinajstić information content (AvgIpc) is 3.36. The van der Waals surface area contributed by atoms with Gasteiger partial charge in [-0.05, 0) is 55.7 Å². The van der Waals surface area contributed by atoms with Gasteiger partial charge in [-0.15, -0.1) is 11.3 Å². The zero-order valence-electron chi connectivity index (χ0n) is 15.6. The molecule has 4 rings (SSSR count). The number of alkyl halides is 2. The lowest BCUT2D eigenvalue weighted by Gasteiger charge is -2.20. The van der Waals surface area contributed by atoms with Crippen LogP contribution in [0.5, 0.6) is 0 Å². The van der Waals surface area contributed by atoms with Crippen LogP contribution in [0.25, 0.3) is 0 Å². The van der Waals surface area contributed by atoms with Gasteiger partial charge >= 0.3 is 0 Å². The van der Waals surface area contributed by atoms with E-state index in [-0.39, 0.29) is 34.8 Å². The van der Waals surface area contributed by atoms with Gasteiger partial charge in [0.05, 0.1) is 16.1 Å². The van der Waals surface area contributed by atoms with Crippen molar-refractivity contribution in [2.75, 3.05) is 5.32 Å². The molecule has 2 fully saturated rings. The number of hydrogen-bond acceptors (Lipinski definition) is 5. The molecule has 1 N–H and O–H groups in total. The molecule has 4 atom stereocenters. The van der Waals surface area contributed by atoms with Gasteiger partial charge in [-0.1, -0.05) is 12.1 Å². The number of sulfone groups is 1. The minimum absolute atomic E-state index is 0.0936. The van der Waals surface area contributed by atoms with E-state index in [1.165, 1.54) is 23.5 Å². The molecule has 1 aromatic heterocycles. The Kier molecular flexibility index (Phi) is 5.70. The van der Waals surface area contributed by atoms with Crippen LogP contribution < -0.4 is 5.32 Å². The van der Waals surface area contributed by atoms with Crippen molar-refractivity contribution in [3.8, 4) is 0 Å². The Bertz CT molecular complexity index is 950. The lowest BCUT2D eigenvalue weighted by Crippen LogP contribution is -2.23. The van der Waals surface area contributed by atoms with Crippen molar-refractivity contribution >= 4 is 32.2 Å². The maximum atomic E-state index is 13.6. The largest absolute Gasteiger partial charge is 0.301 e. The first kappa shape index (κ1) is 20.4. The summed E-state index contributed by atoms with van der Waals surface area (Å²) in [7, 11) is -3.31. The molecule has 29 heavy (non-hydrogen) atoms. The van der Waals surface area contributed by atoms with Crippen molar-refractivity contribution in [1.29, 1.82) is 0 Å². The number of aromatic nitrogens is 1. The number of rotatable bonds is 7. The number of benzene rings is 1. The summed E-state index contributed by atoms with van der Waals surface area (Å²) in [4.78, 5) is 17.2. The molecule has 156 valence electrons. The minimum Gasteiger partial charge on any atom is -0.301 e. The summed E-state index contributed by atoms with van der Waals surface area (Å²) in [6, 6.07) is 6.32. The Balaban J connectivity index is 1.56. The normalized spacial score (nSPS) is 25.7. The Labute approximate surface area is 172 Å². The number of halogens is 2. The summed E-state index contributed by atoms with van der Waals surface area (Å²) >= 11 is 1.28. The number of thiazole rings is 1. The fourth-order valence-corrected chi connectivity index (χ4v) is 6.08. The predicted molar refractivity (Wildman–Crippen MR) is 107 cm³/mol. The van der Waals surface area contributed by atoms with Crippen molar-refractivity contribution in [2.45, 2.75) is 60.5 Å². The molecule has 0 saturated heterocycles. The Morgan fingerprint density at radius 2 is 1.83 bits per heavy atom. The summed E-state index contributed by atoms with van der Waals surface area (Å²) < 4.78 is 52.1. The molecule has 0 aliphatic heterocycles. The molecule has 2 unspecified atom stereocenters. The van der Waals surface area contributed by atoms with E-state index < -0.39 is 28.1 Å². The standard InChI is InChI=1S/C20H22F2N2O3S2/c21-17-10-12(11-18(17)22)9-16(19(25)24-20-23-7-8-28-20)13-1-3-14(4-2-13)29(26,27)15-5-6-15/h1-4,7-8,12,15-18H,5-6,9-11H2,(H,23,24,25)/t12?,16?,17-,18+. The van der Waals surface area contributed by atoms with Crippen molar-refractivity contribution in [3.63, 3.8) is 0 Å². The molecule has 0 radical (unpaired) electrons. The smallest absolute Gasteiger partial charge is 0.233 e. The van der Waals surface area contributed by atoms with E-state index in [0.29, 0.717) is 30.0 Å². The maximum Gasteiger partial charge on any atom is 0.233 e. The predicted octanol–water partition coefficient (Wildman–Crippen LogP) is 4.28. The molecule has 2 aliphatic rings. The average molecular weight is 441 g/mol. The molecule has 2 saturated carbocycles. The van der Waals surface area contributed by atoms with Gasteiger partial charge in [0, 0.05) is 11.6 Å². The Morgan fingerprint density at radius 3 is 2.38 bits per heavy atom. The number of carbonyl (C=O) groups is 1. The summed E-state index contributed by atoms with van der Waals surface area (Å²) in [6.45, 7) is 0.